The Balaban J connectivity index is 2.71. The summed E-state index contributed by atoms with van der Waals surface area (Å²) >= 11 is 0. The maximum atomic E-state index is 5.56. The first kappa shape index (κ1) is 9.77. The highest BCUT2D eigenvalue weighted by Gasteiger charge is 1.99. The van der Waals surface area contributed by atoms with Gasteiger partial charge in [0.2, 0.25) is 5.95 Å². The van der Waals surface area contributed by atoms with Gasteiger partial charge in [0.15, 0.2) is 0 Å². The van der Waals surface area contributed by atoms with Crippen LogP contribution in [0.2, 0.25) is 0 Å². The fraction of sp³-hybridized carbons (Fsp3) is 0.556. The molecule has 4 nitrogen and oxygen atoms in total. The predicted octanol–water partition coefficient (Wildman–Crippen LogP) is 1.74. The van der Waals surface area contributed by atoms with Crippen molar-refractivity contribution in [3.63, 3.8) is 0 Å². The lowest BCUT2D eigenvalue weighted by Gasteiger charge is -2.04. The number of rotatable bonds is 3. The van der Waals surface area contributed by atoms with Crippen LogP contribution in [0.3, 0.4) is 0 Å². The molecule has 72 valence electrons. The molecule has 13 heavy (non-hydrogen) atoms. The molecule has 4 heteroatoms. The van der Waals surface area contributed by atoms with Crippen LogP contribution in [0.1, 0.15) is 27.2 Å². The zero-order valence-electron chi connectivity index (χ0n) is 8.36. The third kappa shape index (κ3) is 2.89. The van der Waals surface area contributed by atoms with Gasteiger partial charge in [0.05, 0.1) is 6.20 Å². The van der Waals surface area contributed by atoms with E-state index >= 15 is 0 Å². The van der Waals surface area contributed by atoms with Crippen LogP contribution in [0.15, 0.2) is 17.5 Å². The molecule has 0 spiro atoms. The molecule has 0 unspecified atom stereocenters. The number of anilines is 1. The molecule has 0 saturated carbocycles. The Morgan fingerprint density at radius 3 is 2.85 bits per heavy atom. The molecule has 0 radical (unpaired) electrons. The zero-order valence-corrected chi connectivity index (χ0v) is 8.36. The van der Waals surface area contributed by atoms with Gasteiger partial charge in [0.25, 0.3) is 0 Å². The molecule has 1 aromatic heterocycles. The second-order valence-electron chi connectivity index (χ2n) is 3.56. The average molecular weight is 180 g/mol. The van der Waals surface area contributed by atoms with E-state index in [1.807, 2.05) is 6.92 Å². The number of nitrogen functional groups attached to an aromatic ring is 1. The van der Waals surface area contributed by atoms with Gasteiger partial charge in [-0.25, -0.2) is 9.66 Å². The van der Waals surface area contributed by atoms with Crippen LogP contribution in [0.5, 0.6) is 0 Å². The molecule has 0 aliphatic heterocycles. The van der Waals surface area contributed by atoms with Gasteiger partial charge >= 0.3 is 0 Å². The van der Waals surface area contributed by atoms with Crippen LogP contribution >= 0.6 is 0 Å². The van der Waals surface area contributed by atoms with Crippen LogP contribution in [0.4, 0.5) is 5.95 Å². The summed E-state index contributed by atoms with van der Waals surface area (Å²) in [5, 5.41) is 4.30. The fourth-order valence-electron chi connectivity index (χ4n) is 1.21. The molecule has 1 aromatic rings. The lowest BCUT2D eigenvalue weighted by molar-refractivity contribution is 0.676. The zero-order chi connectivity index (χ0) is 9.84. The van der Waals surface area contributed by atoms with Crippen molar-refractivity contribution >= 4 is 11.7 Å². The largest absolute Gasteiger partial charge is 0.368 e. The van der Waals surface area contributed by atoms with Crippen molar-refractivity contribution in [2.45, 2.75) is 27.2 Å². The first-order chi connectivity index (χ1) is 6.09. The number of hydrogen-bond donors (Lipinski definition) is 1. The maximum Gasteiger partial charge on any atom is 0.221 e. The van der Waals surface area contributed by atoms with E-state index in [2.05, 4.69) is 23.9 Å². The van der Waals surface area contributed by atoms with Gasteiger partial charge in [-0.2, -0.15) is 5.10 Å². The van der Waals surface area contributed by atoms with Gasteiger partial charge in [-0.1, -0.05) is 13.8 Å². The monoisotopic (exact) mass is 180 g/mol. The Labute approximate surface area is 78.5 Å². The Morgan fingerprint density at radius 2 is 2.38 bits per heavy atom. The van der Waals surface area contributed by atoms with Crippen molar-refractivity contribution in [3.8, 4) is 0 Å². The summed E-state index contributed by atoms with van der Waals surface area (Å²) in [6.45, 7) is 6.33. The summed E-state index contributed by atoms with van der Waals surface area (Å²) in [6, 6.07) is 0. The van der Waals surface area contributed by atoms with Gasteiger partial charge in [-0.15, -0.1) is 0 Å². The van der Waals surface area contributed by atoms with Crippen molar-refractivity contribution in [2.75, 3.05) is 5.73 Å². The standard InChI is InChI=1S/C9H16N4/c1-7(2)6-8(3)12-13-5-4-11-9(13)10/h4-5,7H,6H2,1-3H3,(H2,10,11)/b12-8+. The highest BCUT2D eigenvalue weighted by Crippen LogP contribution is 2.04. The second-order valence-corrected chi connectivity index (χ2v) is 3.56. The van der Waals surface area contributed by atoms with Crippen molar-refractivity contribution in [1.29, 1.82) is 0 Å². The maximum absolute atomic E-state index is 5.56. The third-order valence-electron chi connectivity index (χ3n) is 1.63. The average Bonchev–Trinajstić information content (AvgIpc) is 2.34. The minimum atomic E-state index is 0.433. The number of aromatic nitrogens is 2. The first-order valence-electron chi connectivity index (χ1n) is 4.43. The number of nitrogens with zero attached hydrogens (tertiary/aromatic N) is 3. The highest BCUT2D eigenvalue weighted by molar-refractivity contribution is 5.82. The Hall–Kier alpha value is -1.32. The lowest BCUT2D eigenvalue weighted by Crippen LogP contribution is -2.03. The minimum absolute atomic E-state index is 0.433. The first-order valence-corrected chi connectivity index (χ1v) is 4.43. The van der Waals surface area contributed by atoms with Crippen LogP contribution in [0.25, 0.3) is 0 Å². The highest BCUT2D eigenvalue weighted by atomic mass is 15.4. The summed E-state index contributed by atoms with van der Waals surface area (Å²) < 4.78 is 1.59. The number of imidazole rings is 1. The minimum Gasteiger partial charge on any atom is -0.368 e. The predicted molar refractivity (Wildman–Crippen MR) is 54.6 cm³/mol. The molecule has 0 aromatic carbocycles. The quantitative estimate of drug-likeness (QED) is 0.720. The van der Waals surface area contributed by atoms with E-state index in [1.165, 1.54) is 0 Å². The molecule has 0 aliphatic carbocycles. The molecule has 1 rings (SSSR count). The van der Waals surface area contributed by atoms with E-state index in [0.717, 1.165) is 12.1 Å². The van der Waals surface area contributed by atoms with Crippen molar-refractivity contribution in [1.82, 2.24) is 9.66 Å². The molecular formula is C9H16N4. The number of hydrogen-bond acceptors (Lipinski definition) is 3. The van der Waals surface area contributed by atoms with Gasteiger partial charge in [0.1, 0.15) is 0 Å². The second kappa shape index (κ2) is 4.07. The van der Waals surface area contributed by atoms with Gasteiger partial charge in [-0.3, -0.25) is 0 Å². The van der Waals surface area contributed by atoms with E-state index in [9.17, 15) is 0 Å². The third-order valence-corrected chi connectivity index (χ3v) is 1.63. The Bertz CT molecular complexity index is 298. The van der Waals surface area contributed by atoms with Crippen LogP contribution < -0.4 is 5.73 Å². The molecule has 2 N–H and O–H groups in total. The topological polar surface area (TPSA) is 56.2 Å². The molecular weight excluding hydrogens is 164 g/mol. The van der Waals surface area contributed by atoms with Crippen molar-refractivity contribution in [2.24, 2.45) is 11.0 Å². The molecule has 0 amide bonds. The summed E-state index contributed by atoms with van der Waals surface area (Å²) in [5.41, 5.74) is 6.63. The van der Waals surface area contributed by atoms with Crippen molar-refractivity contribution in [3.05, 3.63) is 12.4 Å². The van der Waals surface area contributed by atoms with Gasteiger partial charge in [0, 0.05) is 11.9 Å². The van der Waals surface area contributed by atoms with Crippen molar-refractivity contribution < 1.29 is 0 Å². The molecule has 0 bridgehead atoms. The van der Waals surface area contributed by atoms with E-state index in [1.54, 1.807) is 17.1 Å². The lowest BCUT2D eigenvalue weighted by atomic mass is 10.1. The van der Waals surface area contributed by atoms with E-state index in [0.29, 0.717) is 11.9 Å². The van der Waals surface area contributed by atoms with Gasteiger partial charge < -0.3 is 5.73 Å². The molecule has 0 atom stereocenters. The summed E-state index contributed by atoms with van der Waals surface area (Å²) in [4.78, 5) is 3.88. The molecule has 1 heterocycles. The van der Waals surface area contributed by atoms with Crippen LogP contribution in [0, 0.1) is 5.92 Å². The smallest absolute Gasteiger partial charge is 0.221 e. The summed E-state index contributed by atoms with van der Waals surface area (Å²) in [6.07, 6.45) is 4.37. The van der Waals surface area contributed by atoms with Gasteiger partial charge in [-0.05, 0) is 19.3 Å². The van der Waals surface area contributed by atoms with E-state index < -0.39 is 0 Å². The SMILES string of the molecule is C/C(CC(C)C)=N\n1ccnc1N. The molecule has 0 fully saturated rings. The fourth-order valence-corrected chi connectivity index (χ4v) is 1.21. The Morgan fingerprint density at radius 1 is 1.69 bits per heavy atom. The normalized spacial score (nSPS) is 12.5. The molecule has 0 aliphatic rings. The number of nitrogens with two attached hydrogens (primary N) is 1. The van der Waals surface area contributed by atoms with E-state index in [4.69, 9.17) is 5.73 Å². The summed E-state index contributed by atoms with van der Waals surface area (Å²) in [5.74, 6) is 1.05. The van der Waals surface area contributed by atoms with Crippen LogP contribution in [-0.2, 0) is 0 Å². The summed E-state index contributed by atoms with van der Waals surface area (Å²) in [7, 11) is 0. The van der Waals surface area contributed by atoms with E-state index in [-0.39, 0.29) is 0 Å². The Kier molecular flexibility index (Phi) is 3.06. The van der Waals surface area contributed by atoms with Crippen LogP contribution in [-0.4, -0.2) is 15.4 Å². The molecule has 0 saturated heterocycles.